The van der Waals surface area contributed by atoms with Crippen LogP contribution in [0.2, 0.25) is 5.02 Å². The third-order valence-corrected chi connectivity index (χ3v) is 4.13. The van der Waals surface area contributed by atoms with Crippen molar-refractivity contribution in [2.75, 3.05) is 23.8 Å². The standard InChI is InChI=1S/C18H20ClN3O3/c1-11(2)16-18(23)22(17-14(25-16)7-8-15(20)21-17)9-10-24-13-5-3-12(19)4-6-13/h3-8,11,16H,9-10H2,1-2H3,(H2,20,21). The van der Waals surface area contributed by atoms with Gasteiger partial charge in [0, 0.05) is 5.02 Å². The largest absolute Gasteiger partial charge is 0.492 e. The molecule has 7 heteroatoms. The van der Waals surface area contributed by atoms with Crippen LogP contribution < -0.4 is 20.1 Å². The quantitative estimate of drug-likeness (QED) is 0.885. The van der Waals surface area contributed by atoms with Gasteiger partial charge in [-0.25, -0.2) is 4.98 Å². The number of fused-ring (bicyclic) bond motifs is 1. The molecule has 0 fully saturated rings. The predicted octanol–water partition coefficient (Wildman–Crippen LogP) is 3.15. The van der Waals surface area contributed by atoms with Gasteiger partial charge in [0.2, 0.25) is 0 Å². The molecule has 25 heavy (non-hydrogen) atoms. The molecule has 2 N–H and O–H groups in total. The van der Waals surface area contributed by atoms with Gasteiger partial charge in [-0.3, -0.25) is 9.69 Å². The molecule has 1 aromatic carbocycles. The SMILES string of the molecule is CC(C)C1Oc2ccc(N)nc2N(CCOc2ccc(Cl)cc2)C1=O. The molecule has 0 spiro atoms. The van der Waals surface area contributed by atoms with Crippen molar-refractivity contribution in [2.45, 2.75) is 20.0 Å². The van der Waals surface area contributed by atoms with E-state index >= 15 is 0 Å². The lowest BCUT2D eigenvalue weighted by atomic mass is 10.0. The van der Waals surface area contributed by atoms with Crippen molar-refractivity contribution < 1.29 is 14.3 Å². The molecule has 2 heterocycles. The first kappa shape index (κ1) is 17.4. The molecule has 0 saturated carbocycles. The summed E-state index contributed by atoms with van der Waals surface area (Å²) >= 11 is 5.86. The molecule has 0 radical (unpaired) electrons. The van der Waals surface area contributed by atoms with Crippen LogP contribution in [0.15, 0.2) is 36.4 Å². The van der Waals surface area contributed by atoms with Gasteiger partial charge in [-0.05, 0) is 42.3 Å². The summed E-state index contributed by atoms with van der Waals surface area (Å²) in [4.78, 5) is 18.6. The Morgan fingerprint density at radius 1 is 1.28 bits per heavy atom. The van der Waals surface area contributed by atoms with E-state index in [2.05, 4.69) is 4.98 Å². The van der Waals surface area contributed by atoms with Crippen LogP contribution in [0.1, 0.15) is 13.8 Å². The third-order valence-electron chi connectivity index (χ3n) is 3.88. The number of nitrogen functional groups attached to an aromatic ring is 1. The second-order valence-electron chi connectivity index (χ2n) is 6.13. The Morgan fingerprint density at radius 2 is 2.00 bits per heavy atom. The van der Waals surface area contributed by atoms with E-state index in [1.807, 2.05) is 13.8 Å². The van der Waals surface area contributed by atoms with E-state index in [1.54, 1.807) is 41.3 Å². The average Bonchev–Trinajstić information content (AvgIpc) is 2.58. The summed E-state index contributed by atoms with van der Waals surface area (Å²) in [6, 6.07) is 10.5. The highest BCUT2D eigenvalue weighted by molar-refractivity contribution is 6.30. The topological polar surface area (TPSA) is 77.7 Å². The number of nitrogens with two attached hydrogens (primary N) is 1. The number of rotatable bonds is 5. The summed E-state index contributed by atoms with van der Waals surface area (Å²) in [6.45, 7) is 4.55. The Hall–Kier alpha value is -2.47. The van der Waals surface area contributed by atoms with Crippen molar-refractivity contribution in [2.24, 2.45) is 5.92 Å². The molecule has 0 bridgehead atoms. The highest BCUT2D eigenvalue weighted by Gasteiger charge is 2.37. The molecule has 1 aliphatic heterocycles. The van der Waals surface area contributed by atoms with Gasteiger partial charge in [-0.2, -0.15) is 0 Å². The van der Waals surface area contributed by atoms with Crippen molar-refractivity contribution in [3.8, 4) is 11.5 Å². The highest BCUT2D eigenvalue weighted by Crippen LogP contribution is 2.34. The summed E-state index contributed by atoms with van der Waals surface area (Å²) in [6.07, 6.45) is -0.548. The molecule has 1 amide bonds. The number of amides is 1. The Balaban J connectivity index is 1.77. The molecule has 2 aromatic rings. The van der Waals surface area contributed by atoms with E-state index in [4.69, 9.17) is 26.8 Å². The van der Waals surface area contributed by atoms with E-state index in [0.29, 0.717) is 41.3 Å². The molecule has 6 nitrogen and oxygen atoms in total. The summed E-state index contributed by atoms with van der Waals surface area (Å²) in [7, 11) is 0. The van der Waals surface area contributed by atoms with Crippen LogP contribution in [0.5, 0.6) is 11.5 Å². The number of aromatic nitrogens is 1. The van der Waals surface area contributed by atoms with Gasteiger partial charge in [-0.15, -0.1) is 0 Å². The number of ether oxygens (including phenoxy) is 2. The Kier molecular flexibility index (Phi) is 4.99. The monoisotopic (exact) mass is 361 g/mol. The number of pyridine rings is 1. The number of halogens is 1. The van der Waals surface area contributed by atoms with Crippen LogP contribution >= 0.6 is 11.6 Å². The number of hydrogen-bond donors (Lipinski definition) is 1. The zero-order valence-corrected chi connectivity index (χ0v) is 14.9. The normalized spacial score (nSPS) is 16.6. The Labute approximate surface area is 151 Å². The lowest BCUT2D eigenvalue weighted by molar-refractivity contribution is -0.128. The second-order valence-corrected chi connectivity index (χ2v) is 6.57. The fourth-order valence-electron chi connectivity index (χ4n) is 2.60. The molecule has 0 aliphatic carbocycles. The number of benzene rings is 1. The van der Waals surface area contributed by atoms with Crippen molar-refractivity contribution in [3.05, 3.63) is 41.4 Å². The molecule has 1 atom stereocenters. The van der Waals surface area contributed by atoms with Crippen LogP contribution in [0.25, 0.3) is 0 Å². The van der Waals surface area contributed by atoms with Crippen LogP contribution in [0.4, 0.5) is 11.6 Å². The minimum absolute atomic E-state index is 0.0397. The Bertz CT molecular complexity index is 765. The second kappa shape index (κ2) is 7.19. The minimum atomic E-state index is -0.548. The molecule has 1 aromatic heterocycles. The summed E-state index contributed by atoms with van der Waals surface area (Å²) in [5, 5.41) is 0.643. The lowest BCUT2D eigenvalue weighted by Gasteiger charge is -2.35. The van der Waals surface area contributed by atoms with Crippen molar-refractivity contribution in [1.29, 1.82) is 0 Å². The first-order valence-corrected chi connectivity index (χ1v) is 8.46. The maximum absolute atomic E-state index is 12.8. The van der Waals surface area contributed by atoms with Crippen molar-refractivity contribution in [1.82, 2.24) is 4.98 Å². The van der Waals surface area contributed by atoms with Crippen LogP contribution in [0.3, 0.4) is 0 Å². The van der Waals surface area contributed by atoms with Crippen LogP contribution in [-0.2, 0) is 4.79 Å². The maximum atomic E-state index is 12.8. The van der Waals surface area contributed by atoms with Crippen LogP contribution in [0, 0.1) is 5.92 Å². The van der Waals surface area contributed by atoms with Gasteiger partial charge in [-0.1, -0.05) is 25.4 Å². The average molecular weight is 362 g/mol. The van der Waals surface area contributed by atoms with E-state index in [9.17, 15) is 4.79 Å². The summed E-state index contributed by atoms with van der Waals surface area (Å²) in [5.41, 5.74) is 5.77. The van der Waals surface area contributed by atoms with Crippen LogP contribution in [-0.4, -0.2) is 30.1 Å². The lowest BCUT2D eigenvalue weighted by Crippen LogP contribution is -2.50. The molecule has 132 valence electrons. The number of nitrogens with zero attached hydrogens (tertiary/aromatic N) is 2. The molecular formula is C18H20ClN3O3. The molecular weight excluding hydrogens is 342 g/mol. The van der Waals surface area contributed by atoms with Gasteiger partial charge in [0.05, 0.1) is 6.54 Å². The van der Waals surface area contributed by atoms with Crippen molar-refractivity contribution >= 4 is 29.1 Å². The van der Waals surface area contributed by atoms with Gasteiger partial charge in [0.25, 0.3) is 5.91 Å². The number of carbonyl (C=O) groups excluding carboxylic acids is 1. The third kappa shape index (κ3) is 3.79. The van der Waals surface area contributed by atoms with E-state index in [-0.39, 0.29) is 11.8 Å². The minimum Gasteiger partial charge on any atom is -0.492 e. The first-order chi connectivity index (χ1) is 12.0. The molecule has 1 aliphatic rings. The van der Waals surface area contributed by atoms with Crippen molar-refractivity contribution in [3.63, 3.8) is 0 Å². The molecule has 3 rings (SSSR count). The van der Waals surface area contributed by atoms with Gasteiger partial charge in [0.1, 0.15) is 18.2 Å². The van der Waals surface area contributed by atoms with E-state index in [0.717, 1.165) is 0 Å². The number of carbonyl (C=O) groups is 1. The van der Waals surface area contributed by atoms with Gasteiger partial charge < -0.3 is 15.2 Å². The molecule has 1 unspecified atom stereocenters. The maximum Gasteiger partial charge on any atom is 0.269 e. The zero-order chi connectivity index (χ0) is 18.0. The van der Waals surface area contributed by atoms with E-state index in [1.165, 1.54) is 0 Å². The first-order valence-electron chi connectivity index (χ1n) is 8.08. The molecule has 0 saturated heterocycles. The fourth-order valence-corrected chi connectivity index (χ4v) is 2.73. The number of hydrogen-bond acceptors (Lipinski definition) is 5. The predicted molar refractivity (Wildman–Crippen MR) is 97.2 cm³/mol. The summed E-state index contributed by atoms with van der Waals surface area (Å²) in [5.74, 6) is 1.91. The number of anilines is 2. The highest BCUT2D eigenvalue weighted by atomic mass is 35.5. The van der Waals surface area contributed by atoms with Gasteiger partial charge >= 0.3 is 0 Å². The zero-order valence-electron chi connectivity index (χ0n) is 14.1. The smallest absolute Gasteiger partial charge is 0.269 e. The summed E-state index contributed by atoms with van der Waals surface area (Å²) < 4.78 is 11.5. The Morgan fingerprint density at radius 3 is 2.68 bits per heavy atom. The fraction of sp³-hybridized carbons (Fsp3) is 0.333. The van der Waals surface area contributed by atoms with E-state index < -0.39 is 6.10 Å². The van der Waals surface area contributed by atoms with Gasteiger partial charge in [0.15, 0.2) is 17.7 Å².